The average Bonchev–Trinajstić information content (AvgIpc) is 3.75. The van der Waals surface area contributed by atoms with E-state index < -0.39 is 28.9 Å². The van der Waals surface area contributed by atoms with E-state index in [2.05, 4.69) is 10.3 Å². The number of nitrogens with one attached hydrogen (secondary N) is 1. The fraction of sp³-hybridized carbons (Fsp3) is 0.467. The van der Waals surface area contributed by atoms with Gasteiger partial charge in [0.25, 0.3) is 5.56 Å². The maximum atomic E-state index is 14.2. The first-order valence-corrected chi connectivity index (χ1v) is 14.8. The van der Waals surface area contributed by atoms with Crippen LogP contribution in [0.15, 0.2) is 50.7 Å². The zero-order valence-electron chi connectivity index (χ0n) is 24.0. The number of benzene rings is 1. The summed E-state index contributed by atoms with van der Waals surface area (Å²) in [7, 11) is 1.59. The van der Waals surface area contributed by atoms with E-state index in [-0.39, 0.29) is 18.0 Å². The standard InChI is InChI=1S/C30H34N4O7S/c1-16-23-26(35)34(30(2,3)28(36)37)29(38)33(27(23)42-24(16)25-32-9-10-40-25)15-22(20-7-5-6-8-21(20)39-4)41-19-11-17-13-31-14-18(17)12-19/h5-10,17-19,22,31H,11-15H2,1-4H3,(H,36,37)/t17-,18-,22-/m1/s1. The number of carboxylic acids is 1. The van der Waals surface area contributed by atoms with Crippen LogP contribution in [0.5, 0.6) is 5.75 Å². The molecule has 0 unspecified atom stereocenters. The third-order valence-electron chi connectivity index (χ3n) is 8.72. The Morgan fingerprint density at radius 1 is 1.24 bits per heavy atom. The molecule has 11 nitrogen and oxygen atoms in total. The number of nitrogens with zero attached hydrogens (tertiary/aromatic N) is 3. The minimum Gasteiger partial charge on any atom is -0.496 e. The number of aryl methyl sites for hydroxylation is 1. The number of aliphatic carboxylic acids is 1. The molecule has 42 heavy (non-hydrogen) atoms. The summed E-state index contributed by atoms with van der Waals surface area (Å²) in [5, 5.41) is 13.8. The van der Waals surface area contributed by atoms with Gasteiger partial charge in [-0.1, -0.05) is 18.2 Å². The fourth-order valence-corrected chi connectivity index (χ4v) is 7.64. The number of oxazole rings is 1. The second kappa shape index (κ2) is 10.8. The molecule has 1 aliphatic carbocycles. The van der Waals surface area contributed by atoms with Gasteiger partial charge < -0.3 is 24.3 Å². The lowest BCUT2D eigenvalue weighted by atomic mass is 10.0. The molecule has 1 aliphatic heterocycles. The Hall–Kier alpha value is -3.74. The summed E-state index contributed by atoms with van der Waals surface area (Å²) in [5.41, 5.74) is -1.87. The van der Waals surface area contributed by atoms with Gasteiger partial charge >= 0.3 is 11.7 Å². The van der Waals surface area contributed by atoms with Gasteiger partial charge in [0.2, 0.25) is 5.89 Å². The average molecular weight is 595 g/mol. The first-order valence-electron chi connectivity index (χ1n) is 14.0. The largest absolute Gasteiger partial charge is 0.496 e. The lowest BCUT2D eigenvalue weighted by Crippen LogP contribution is -2.52. The Kier molecular flexibility index (Phi) is 7.32. The molecule has 12 heteroatoms. The topological polar surface area (TPSA) is 138 Å². The van der Waals surface area contributed by atoms with Crippen molar-refractivity contribution in [2.75, 3.05) is 20.2 Å². The van der Waals surface area contributed by atoms with Gasteiger partial charge in [0, 0.05) is 5.56 Å². The summed E-state index contributed by atoms with van der Waals surface area (Å²) in [6, 6.07) is 7.53. The molecule has 0 spiro atoms. The van der Waals surface area contributed by atoms with Crippen molar-refractivity contribution in [1.29, 1.82) is 0 Å². The van der Waals surface area contributed by atoms with Crippen molar-refractivity contribution in [3.8, 4) is 16.5 Å². The summed E-state index contributed by atoms with van der Waals surface area (Å²) < 4.78 is 20.3. The number of aromatic nitrogens is 3. The van der Waals surface area contributed by atoms with Crippen molar-refractivity contribution >= 4 is 27.5 Å². The monoisotopic (exact) mass is 594 g/mol. The summed E-state index contributed by atoms with van der Waals surface area (Å²) in [4.78, 5) is 45.7. The lowest BCUT2D eigenvalue weighted by molar-refractivity contribution is -0.146. The number of carbonyl (C=O) groups is 1. The van der Waals surface area contributed by atoms with Crippen molar-refractivity contribution < 1.29 is 23.8 Å². The Morgan fingerprint density at radius 3 is 2.60 bits per heavy atom. The molecule has 6 rings (SSSR count). The summed E-state index contributed by atoms with van der Waals surface area (Å²) >= 11 is 1.22. The Morgan fingerprint density at radius 2 is 1.95 bits per heavy atom. The molecule has 0 radical (unpaired) electrons. The number of methoxy groups -OCH3 is 1. The molecular weight excluding hydrogens is 560 g/mol. The van der Waals surface area contributed by atoms with Crippen LogP contribution >= 0.6 is 11.3 Å². The Bertz CT molecular complexity index is 1740. The highest BCUT2D eigenvalue weighted by Crippen LogP contribution is 2.41. The number of hydrogen-bond acceptors (Lipinski definition) is 9. The van der Waals surface area contributed by atoms with E-state index in [1.165, 1.54) is 42.2 Å². The fourth-order valence-electron chi connectivity index (χ4n) is 6.40. The maximum Gasteiger partial charge on any atom is 0.333 e. The van der Waals surface area contributed by atoms with Gasteiger partial charge in [-0.3, -0.25) is 9.36 Å². The van der Waals surface area contributed by atoms with Gasteiger partial charge in [-0.15, -0.1) is 11.3 Å². The van der Waals surface area contributed by atoms with Gasteiger partial charge in [-0.2, -0.15) is 0 Å². The van der Waals surface area contributed by atoms with E-state index in [0.717, 1.165) is 36.1 Å². The second-order valence-electron chi connectivity index (χ2n) is 11.6. The van der Waals surface area contributed by atoms with E-state index >= 15 is 0 Å². The van der Waals surface area contributed by atoms with Crippen LogP contribution in [-0.4, -0.2) is 51.5 Å². The van der Waals surface area contributed by atoms with Gasteiger partial charge in [0.1, 0.15) is 28.5 Å². The molecule has 2 aliphatic rings. The number of rotatable bonds is 9. The van der Waals surface area contributed by atoms with Gasteiger partial charge in [-0.25, -0.2) is 19.1 Å². The molecule has 1 saturated carbocycles. The maximum absolute atomic E-state index is 14.2. The molecule has 3 atom stereocenters. The van der Waals surface area contributed by atoms with E-state index in [4.69, 9.17) is 13.9 Å². The minimum atomic E-state index is -1.81. The quantitative estimate of drug-likeness (QED) is 0.297. The molecule has 0 amide bonds. The number of fused-ring (bicyclic) bond motifs is 2. The normalized spacial score (nSPS) is 19.8. The summed E-state index contributed by atoms with van der Waals surface area (Å²) in [6.45, 7) is 6.44. The number of carboxylic acid groups (broad SMARTS) is 1. The van der Waals surface area contributed by atoms with Gasteiger partial charge in [0.15, 0.2) is 0 Å². The highest BCUT2D eigenvalue weighted by molar-refractivity contribution is 7.22. The summed E-state index contributed by atoms with van der Waals surface area (Å²) in [5.74, 6) is 0.735. The molecule has 1 saturated heterocycles. The van der Waals surface area contributed by atoms with Gasteiger partial charge in [0.05, 0.1) is 36.2 Å². The van der Waals surface area contributed by atoms with Crippen LogP contribution in [0.25, 0.3) is 21.0 Å². The number of hydrogen-bond donors (Lipinski definition) is 2. The van der Waals surface area contributed by atoms with Crippen molar-refractivity contribution in [3.63, 3.8) is 0 Å². The van der Waals surface area contributed by atoms with Crippen LogP contribution < -0.4 is 21.3 Å². The number of ether oxygens (including phenoxy) is 2. The molecule has 2 N–H and O–H groups in total. The first kappa shape index (κ1) is 28.4. The minimum absolute atomic E-state index is 0.0162. The molecule has 1 aromatic carbocycles. The van der Waals surface area contributed by atoms with E-state index in [0.29, 0.717) is 38.7 Å². The number of thiophene rings is 1. The third-order valence-corrected chi connectivity index (χ3v) is 10.0. The van der Waals surface area contributed by atoms with Gasteiger partial charge in [-0.05, 0) is 70.2 Å². The van der Waals surface area contributed by atoms with Crippen molar-refractivity contribution in [3.05, 3.63) is 68.7 Å². The molecular formula is C30H34N4O7S. The highest BCUT2D eigenvalue weighted by atomic mass is 32.1. The summed E-state index contributed by atoms with van der Waals surface area (Å²) in [6.07, 6.45) is 4.14. The smallest absolute Gasteiger partial charge is 0.333 e. The predicted octanol–water partition coefficient (Wildman–Crippen LogP) is 3.77. The van der Waals surface area contributed by atoms with Crippen LogP contribution in [0.4, 0.5) is 0 Å². The van der Waals surface area contributed by atoms with Crippen LogP contribution in [0.1, 0.15) is 43.9 Å². The molecule has 2 fully saturated rings. The highest BCUT2D eigenvalue weighted by Gasteiger charge is 2.40. The van der Waals surface area contributed by atoms with Crippen LogP contribution in [0.2, 0.25) is 0 Å². The first-order chi connectivity index (χ1) is 20.1. The second-order valence-corrected chi connectivity index (χ2v) is 12.6. The zero-order chi connectivity index (χ0) is 29.8. The van der Waals surface area contributed by atoms with Crippen LogP contribution in [-0.2, 0) is 21.6 Å². The van der Waals surface area contributed by atoms with Crippen molar-refractivity contribution in [1.82, 2.24) is 19.4 Å². The van der Waals surface area contributed by atoms with E-state index in [9.17, 15) is 19.5 Å². The van der Waals surface area contributed by atoms with Crippen molar-refractivity contribution in [2.45, 2.75) is 57.9 Å². The number of para-hydroxylation sites is 1. The Labute approximate surface area is 245 Å². The SMILES string of the molecule is COc1ccccc1[C@@H](Cn1c(=O)n(C(C)(C)C(=O)O)c(=O)c2c(C)c(-c3ncco3)sc21)OC1C[C@@H]2CNC[C@H]2C1. The van der Waals surface area contributed by atoms with E-state index in [1.54, 1.807) is 14.0 Å². The third kappa shape index (κ3) is 4.67. The zero-order valence-corrected chi connectivity index (χ0v) is 24.8. The lowest BCUT2D eigenvalue weighted by Gasteiger charge is -2.27. The molecule has 4 aromatic rings. The molecule has 4 heterocycles. The van der Waals surface area contributed by atoms with Crippen molar-refractivity contribution in [2.24, 2.45) is 11.8 Å². The van der Waals surface area contributed by atoms with Crippen LogP contribution in [0, 0.1) is 18.8 Å². The van der Waals surface area contributed by atoms with E-state index in [1.807, 2.05) is 24.3 Å². The van der Waals surface area contributed by atoms with Crippen LogP contribution in [0.3, 0.4) is 0 Å². The molecule has 3 aromatic heterocycles. The molecule has 0 bridgehead atoms. The Balaban J connectivity index is 1.54. The molecule has 222 valence electrons. The predicted molar refractivity (Wildman–Crippen MR) is 157 cm³/mol.